The Labute approximate surface area is 102 Å². The number of benzene rings is 1. The van der Waals surface area contributed by atoms with Gasteiger partial charge in [0.05, 0.1) is 5.52 Å². The average molecular weight is 230 g/mol. The van der Waals surface area contributed by atoms with Gasteiger partial charge in [-0.1, -0.05) is 26.0 Å². The maximum atomic E-state index is 5.77. The number of fused-ring (bicyclic) bond motifs is 1. The lowest BCUT2D eigenvalue weighted by atomic mass is 10.2. The number of ether oxygens (including phenoxy) is 1. The van der Waals surface area contributed by atoms with Gasteiger partial charge in [0.1, 0.15) is 12.4 Å². The van der Waals surface area contributed by atoms with Crippen molar-refractivity contribution in [2.45, 2.75) is 19.9 Å². The number of hydrogen-bond acceptors (Lipinski definition) is 3. The number of rotatable bonds is 5. The van der Waals surface area contributed by atoms with Crippen LogP contribution in [0.1, 0.15) is 13.8 Å². The lowest BCUT2D eigenvalue weighted by Crippen LogP contribution is -2.27. The minimum Gasteiger partial charge on any atom is -0.492 e. The summed E-state index contributed by atoms with van der Waals surface area (Å²) in [6, 6.07) is 10.4. The molecule has 0 atom stereocenters. The number of aromatic nitrogens is 1. The van der Waals surface area contributed by atoms with Crippen molar-refractivity contribution in [2.24, 2.45) is 0 Å². The monoisotopic (exact) mass is 230 g/mol. The number of pyridine rings is 1. The fourth-order valence-electron chi connectivity index (χ4n) is 1.70. The molecule has 0 unspecified atom stereocenters. The number of nitrogens with one attached hydrogen (secondary N) is 1. The van der Waals surface area contributed by atoms with E-state index >= 15 is 0 Å². The van der Waals surface area contributed by atoms with Crippen LogP contribution in [0.2, 0.25) is 0 Å². The predicted molar refractivity (Wildman–Crippen MR) is 70.4 cm³/mol. The molecule has 0 aliphatic carbocycles. The molecule has 1 aromatic carbocycles. The summed E-state index contributed by atoms with van der Waals surface area (Å²) in [5.74, 6) is 0.904. The van der Waals surface area contributed by atoms with Crippen molar-refractivity contribution in [1.29, 1.82) is 0 Å². The Kier molecular flexibility index (Phi) is 3.94. The van der Waals surface area contributed by atoms with Gasteiger partial charge in [0.2, 0.25) is 0 Å². The van der Waals surface area contributed by atoms with E-state index in [0.29, 0.717) is 12.6 Å². The lowest BCUT2D eigenvalue weighted by molar-refractivity contribution is 0.312. The van der Waals surface area contributed by atoms with Crippen molar-refractivity contribution < 1.29 is 4.74 Å². The molecule has 3 nitrogen and oxygen atoms in total. The lowest BCUT2D eigenvalue weighted by Gasteiger charge is -2.11. The Morgan fingerprint density at radius 2 is 2.06 bits per heavy atom. The van der Waals surface area contributed by atoms with Gasteiger partial charge in [-0.05, 0) is 18.2 Å². The van der Waals surface area contributed by atoms with Gasteiger partial charge < -0.3 is 10.1 Å². The zero-order valence-electron chi connectivity index (χ0n) is 10.3. The van der Waals surface area contributed by atoms with E-state index in [1.165, 1.54) is 0 Å². The molecule has 0 aliphatic heterocycles. The van der Waals surface area contributed by atoms with Gasteiger partial charge in [0, 0.05) is 24.2 Å². The Morgan fingerprint density at radius 3 is 2.88 bits per heavy atom. The minimum atomic E-state index is 0.493. The zero-order valence-corrected chi connectivity index (χ0v) is 10.3. The van der Waals surface area contributed by atoms with Gasteiger partial charge in [-0.15, -0.1) is 0 Å². The molecular formula is C14H18N2O. The Balaban J connectivity index is 2.03. The second kappa shape index (κ2) is 5.64. The van der Waals surface area contributed by atoms with Gasteiger partial charge in [-0.25, -0.2) is 0 Å². The molecule has 17 heavy (non-hydrogen) atoms. The van der Waals surface area contributed by atoms with E-state index in [-0.39, 0.29) is 0 Å². The SMILES string of the molecule is CC(C)NCCOc1ccnc2ccccc12. The summed E-state index contributed by atoms with van der Waals surface area (Å²) in [6.45, 7) is 5.78. The summed E-state index contributed by atoms with van der Waals surface area (Å²) >= 11 is 0. The molecule has 1 heterocycles. The van der Waals surface area contributed by atoms with Crippen molar-refractivity contribution in [3.05, 3.63) is 36.5 Å². The third-order valence-corrected chi connectivity index (χ3v) is 2.52. The smallest absolute Gasteiger partial charge is 0.130 e. The molecule has 0 spiro atoms. The van der Waals surface area contributed by atoms with Crippen LogP contribution in [-0.2, 0) is 0 Å². The Morgan fingerprint density at radius 1 is 1.24 bits per heavy atom. The van der Waals surface area contributed by atoms with Crippen LogP contribution in [0, 0.1) is 0 Å². The highest BCUT2D eigenvalue weighted by atomic mass is 16.5. The third-order valence-electron chi connectivity index (χ3n) is 2.52. The second-order valence-electron chi connectivity index (χ2n) is 4.28. The average Bonchev–Trinajstić information content (AvgIpc) is 2.34. The molecule has 0 saturated heterocycles. The van der Waals surface area contributed by atoms with Crippen molar-refractivity contribution >= 4 is 10.9 Å². The van der Waals surface area contributed by atoms with Gasteiger partial charge in [-0.3, -0.25) is 4.98 Å². The van der Waals surface area contributed by atoms with Crippen molar-refractivity contribution in [3.8, 4) is 5.75 Å². The van der Waals surface area contributed by atoms with E-state index in [0.717, 1.165) is 23.2 Å². The number of nitrogens with zero attached hydrogens (tertiary/aromatic N) is 1. The van der Waals surface area contributed by atoms with E-state index in [1.54, 1.807) is 6.20 Å². The highest BCUT2D eigenvalue weighted by Gasteiger charge is 2.01. The molecule has 0 saturated carbocycles. The summed E-state index contributed by atoms with van der Waals surface area (Å²) in [4.78, 5) is 4.30. The van der Waals surface area contributed by atoms with Crippen LogP contribution in [0.25, 0.3) is 10.9 Å². The first-order valence-electron chi connectivity index (χ1n) is 5.97. The molecule has 90 valence electrons. The standard InChI is InChI=1S/C14H18N2O/c1-11(2)15-9-10-17-14-7-8-16-13-6-4-3-5-12(13)14/h3-8,11,15H,9-10H2,1-2H3. The fourth-order valence-corrected chi connectivity index (χ4v) is 1.70. The van der Waals surface area contributed by atoms with E-state index in [4.69, 9.17) is 4.74 Å². The van der Waals surface area contributed by atoms with Gasteiger partial charge in [0.25, 0.3) is 0 Å². The van der Waals surface area contributed by atoms with Crippen LogP contribution >= 0.6 is 0 Å². The first-order chi connectivity index (χ1) is 8.27. The van der Waals surface area contributed by atoms with Crippen LogP contribution in [0.4, 0.5) is 0 Å². The molecule has 0 aliphatic rings. The van der Waals surface area contributed by atoms with Crippen molar-refractivity contribution in [2.75, 3.05) is 13.2 Å². The van der Waals surface area contributed by atoms with Gasteiger partial charge in [-0.2, -0.15) is 0 Å². The largest absolute Gasteiger partial charge is 0.492 e. The molecule has 1 aromatic heterocycles. The molecule has 2 aromatic rings. The summed E-state index contributed by atoms with van der Waals surface area (Å²) in [5.41, 5.74) is 0.974. The predicted octanol–water partition coefficient (Wildman–Crippen LogP) is 2.61. The third kappa shape index (κ3) is 3.17. The van der Waals surface area contributed by atoms with E-state index in [9.17, 15) is 0 Å². The summed E-state index contributed by atoms with van der Waals surface area (Å²) < 4.78 is 5.77. The second-order valence-corrected chi connectivity index (χ2v) is 4.28. The Hall–Kier alpha value is -1.61. The van der Waals surface area contributed by atoms with E-state index < -0.39 is 0 Å². The molecule has 0 radical (unpaired) electrons. The molecule has 1 N–H and O–H groups in total. The number of para-hydroxylation sites is 1. The van der Waals surface area contributed by atoms with Crippen LogP contribution < -0.4 is 10.1 Å². The molecule has 2 rings (SSSR count). The highest BCUT2D eigenvalue weighted by Crippen LogP contribution is 2.22. The maximum Gasteiger partial charge on any atom is 0.130 e. The minimum absolute atomic E-state index is 0.493. The normalized spacial score (nSPS) is 11.0. The molecular weight excluding hydrogens is 212 g/mol. The topological polar surface area (TPSA) is 34.1 Å². The van der Waals surface area contributed by atoms with E-state index in [2.05, 4.69) is 24.1 Å². The quantitative estimate of drug-likeness (QED) is 0.802. The van der Waals surface area contributed by atoms with E-state index in [1.807, 2.05) is 30.3 Å². The highest BCUT2D eigenvalue weighted by molar-refractivity contribution is 5.84. The fraction of sp³-hybridized carbons (Fsp3) is 0.357. The first-order valence-corrected chi connectivity index (χ1v) is 5.97. The van der Waals surface area contributed by atoms with Crippen LogP contribution in [0.3, 0.4) is 0 Å². The molecule has 0 bridgehead atoms. The Bertz CT molecular complexity index is 477. The number of hydrogen-bond donors (Lipinski definition) is 1. The van der Waals surface area contributed by atoms with Crippen molar-refractivity contribution in [3.63, 3.8) is 0 Å². The summed E-state index contributed by atoms with van der Waals surface area (Å²) in [5, 5.41) is 4.39. The summed E-state index contributed by atoms with van der Waals surface area (Å²) in [6.07, 6.45) is 1.79. The zero-order chi connectivity index (χ0) is 12.1. The van der Waals surface area contributed by atoms with Crippen LogP contribution in [-0.4, -0.2) is 24.2 Å². The maximum absolute atomic E-state index is 5.77. The van der Waals surface area contributed by atoms with Gasteiger partial charge >= 0.3 is 0 Å². The molecule has 3 heteroatoms. The van der Waals surface area contributed by atoms with Crippen molar-refractivity contribution in [1.82, 2.24) is 10.3 Å². The van der Waals surface area contributed by atoms with Crippen LogP contribution in [0.5, 0.6) is 5.75 Å². The summed E-state index contributed by atoms with van der Waals surface area (Å²) in [7, 11) is 0. The first kappa shape index (κ1) is 11.9. The molecule has 0 fully saturated rings. The van der Waals surface area contributed by atoms with Gasteiger partial charge in [0.15, 0.2) is 0 Å². The molecule has 0 amide bonds. The van der Waals surface area contributed by atoms with Crippen LogP contribution in [0.15, 0.2) is 36.5 Å².